The molecule has 3 heterocycles. The zero-order chi connectivity index (χ0) is 16.2. The number of likely N-dealkylation sites (N-methyl/N-ethyl adjacent to an activating group) is 1. The molecule has 122 valence electrons. The van der Waals surface area contributed by atoms with Gasteiger partial charge >= 0.3 is 0 Å². The smallest absolute Gasteiger partial charge is 0.257 e. The molecule has 1 atom stereocenters. The third-order valence-corrected chi connectivity index (χ3v) is 4.71. The number of hydrogen-bond acceptors (Lipinski definition) is 6. The number of carbonyl (C=O) groups is 1. The van der Waals surface area contributed by atoms with Gasteiger partial charge in [0, 0.05) is 37.9 Å². The van der Waals surface area contributed by atoms with Gasteiger partial charge in [0.1, 0.15) is 0 Å². The molecule has 7 heteroatoms. The molecular weight excluding hydrogens is 312 g/mol. The number of carbonyl (C=O) groups excluding carboxylic acids is 1. The van der Waals surface area contributed by atoms with Crippen molar-refractivity contribution in [3.8, 4) is 5.88 Å². The van der Waals surface area contributed by atoms with E-state index in [9.17, 15) is 4.79 Å². The normalized spacial score (nSPS) is 17.3. The van der Waals surface area contributed by atoms with Crippen LogP contribution in [0, 0.1) is 0 Å². The zero-order valence-corrected chi connectivity index (χ0v) is 14.1. The van der Waals surface area contributed by atoms with Gasteiger partial charge in [-0.3, -0.25) is 4.79 Å². The standard InChI is InChI=1S/C16H20N4O2S/c1-3-22-15-14(17-6-7-18-15)20-8-4-13(10-20)19(2)16(21)12-5-9-23-11-12/h5-7,9,11,13H,3-4,8,10H2,1-2H3. The number of hydrogen-bond donors (Lipinski definition) is 0. The van der Waals surface area contributed by atoms with Crippen molar-refractivity contribution < 1.29 is 9.53 Å². The van der Waals surface area contributed by atoms with Crippen LogP contribution in [0.5, 0.6) is 5.88 Å². The number of aromatic nitrogens is 2. The third-order valence-electron chi connectivity index (χ3n) is 4.03. The number of amides is 1. The zero-order valence-electron chi connectivity index (χ0n) is 13.3. The lowest BCUT2D eigenvalue weighted by Crippen LogP contribution is -2.39. The molecule has 1 aliphatic heterocycles. The summed E-state index contributed by atoms with van der Waals surface area (Å²) in [4.78, 5) is 25.1. The first-order valence-electron chi connectivity index (χ1n) is 7.68. The Bertz CT molecular complexity index is 662. The first-order valence-corrected chi connectivity index (χ1v) is 8.63. The lowest BCUT2D eigenvalue weighted by Gasteiger charge is -2.25. The number of ether oxygens (including phenoxy) is 1. The van der Waals surface area contributed by atoms with Gasteiger partial charge < -0.3 is 14.5 Å². The fourth-order valence-electron chi connectivity index (χ4n) is 2.78. The van der Waals surface area contributed by atoms with E-state index in [4.69, 9.17) is 4.74 Å². The topological polar surface area (TPSA) is 58.6 Å². The summed E-state index contributed by atoms with van der Waals surface area (Å²) in [5, 5.41) is 3.82. The number of thiophene rings is 1. The maximum atomic E-state index is 12.5. The highest BCUT2D eigenvalue weighted by molar-refractivity contribution is 7.08. The number of anilines is 1. The highest BCUT2D eigenvalue weighted by atomic mass is 32.1. The summed E-state index contributed by atoms with van der Waals surface area (Å²) in [5.41, 5.74) is 0.755. The summed E-state index contributed by atoms with van der Waals surface area (Å²) in [5.74, 6) is 1.39. The van der Waals surface area contributed by atoms with Crippen molar-refractivity contribution in [1.29, 1.82) is 0 Å². The summed E-state index contributed by atoms with van der Waals surface area (Å²) < 4.78 is 5.56. The van der Waals surface area contributed by atoms with Crippen LogP contribution in [0.1, 0.15) is 23.7 Å². The summed E-state index contributed by atoms with van der Waals surface area (Å²) in [6.07, 6.45) is 4.22. The highest BCUT2D eigenvalue weighted by Crippen LogP contribution is 2.28. The molecule has 2 aromatic rings. The fraction of sp³-hybridized carbons (Fsp3) is 0.438. The van der Waals surface area contributed by atoms with E-state index >= 15 is 0 Å². The molecule has 2 aromatic heterocycles. The fourth-order valence-corrected chi connectivity index (χ4v) is 3.41. The molecule has 0 aromatic carbocycles. The van der Waals surface area contributed by atoms with Crippen molar-refractivity contribution >= 4 is 23.1 Å². The molecular formula is C16H20N4O2S. The van der Waals surface area contributed by atoms with Gasteiger partial charge in [0.05, 0.1) is 18.2 Å². The Morgan fingerprint density at radius 1 is 1.48 bits per heavy atom. The molecule has 23 heavy (non-hydrogen) atoms. The van der Waals surface area contributed by atoms with Gasteiger partial charge in [-0.25, -0.2) is 9.97 Å². The van der Waals surface area contributed by atoms with E-state index in [0.29, 0.717) is 12.5 Å². The second-order valence-corrected chi connectivity index (χ2v) is 6.21. The largest absolute Gasteiger partial charge is 0.475 e. The molecule has 0 saturated carbocycles. The van der Waals surface area contributed by atoms with Crippen molar-refractivity contribution in [3.05, 3.63) is 34.8 Å². The minimum Gasteiger partial charge on any atom is -0.475 e. The van der Waals surface area contributed by atoms with Crippen molar-refractivity contribution in [1.82, 2.24) is 14.9 Å². The second kappa shape index (κ2) is 6.95. The second-order valence-electron chi connectivity index (χ2n) is 5.43. The van der Waals surface area contributed by atoms with Crippen LogP contribution >= 0.6 is 11.3 Å². The lowest BCUT2D eigenvalue weighted by molar-refractivity contribution is 0.0745. The summed E-state index contributed by atoms with van der Waals surface area (Å²) in [6.45, 7) is 4.06. The minimum absolute atomic E-state index is 0.0716. The molecule has 1 fully saturated rings. The highest BCUT2D eigenvalue weighted by Gasteiger charge is 2.31. The predicted molar refractivity (Wildman–Crippen MR) is 90.2 cm³/mol. The molecule has 1 unspecified atom stereocenters. The molecule has 0 N–H and O–H groups in total. The first-order chi connectivity index (χ1) is 11.2. The molecule has 0 radical (unpaired) electrons. The van der Waals surface area contributed by atoms with Gasteiger partial charge in [0.2, 0.25) is 0 Å². The Labute approximate surface area is 139 Å². The summed E-state index contributed by atoms with van der Waals surface area (Å²) in [6, 6.07) is 2.03. The molecule has 1 saturated heterocycles. The lowest BCUT2D eigenvalue weighted by atomic mass is 10.2. The van der Waals surface area contributed by atoms with Gasteiger partial charge in [0.15, 0.2) is 5.82 Å². The van der Waals surface area contributed by atoms with Gasteiger partial charge in [0.25, 0.3) is 11.8 Å². The molecule has 1 aliphatic rings. The van der Waals surface area contributed by atoms with Crippen LogP contribution in [0.15, 0.2) is 29.2 Å². The molecule has 1 amide bonds. The maximum absolute atomic E-state index is 12.5. The van der Waals surface area contributed by atoms with Crippen molar-refractivity contribution in [2.75, 3.05) is 31.6 Å². The van der Waals surface area contributed by atoms with E-state index in [1.54, 1.807) is 12.4 Å². The SMILES string of the molecule is CCOc1nccnc1N1CCC(N(C)C(=O)c2ccsc2)C1. The van der Waals surface area contributed by atoms with Crippen LogP contribution in [0.2, 0.25) is 0 Å². The monoisotopic (exact) mass is 332 g/mol. The van der Waals surface area contributed by atoms with Crippen LogP contribution in [0.25, 0.3) is 0 Å². The maximum Gasteiger partial charge on any atom is 0.257 e. The van der Waals surface area contributed by atoms with E-state index in [2.05, 4.69) is 14.9 Å². The van der Waals surface area contributed by atoms with Crippen LogP contribution < -0.4 is 9.64 Å². The number of nitrogens with zero attached hydrogens (tertiary/aromatic N) is 4. The Balaban J connectivity index is 1.70. The van der Waals surface area contributed by atoms with E-state index in [1.807, 2.05) is 35.7 Å². The van der Waals surface area contributed by atoms with Gasteiger partial charge in [-0.2, -0.15) is 11.3 Å². The average molecular weight is 332 g/mol. The first kappa shape index (κ1) is 15.7. The van der Waals surface area contributed by atoms with Crippen molar-refractivity contribution in [3.63, 3.8) is 0 Å². The van der Waals surface area contributed by atoms with Crippen LogP contribution in [0.4, 0.5) is 5.82 Å². The Kier molecular flexibility index (Phi) is 4.76. The predicted octanol–water partition coefficient (Wildman–Crippen LogP) is 2.29. The van der Waals surface area contributed by atoms with Crippen molar-refractivity contribution in [2.24, 2.45) is 0 Å². The van der Waals surface area contributed by atoms with Crippen LogP contribution in [0.3, 0.4) is 0 Å². The van der Waals surface area contributed by atoms with Gasteiger partial charge in [-0.05, 0) is 24.8 Å². The quantitative estimate of drug-likeness (QED) is 0.841. The molecule has 6 nitrogen and oxygen atoms in total. The van der Waals surface area contributed by atoms with E-state index in [1.165, 1.54) is 11.3 Å². The molecule has 3 rings (SSSR count). The Hall–Kier alpha value is -2.15. The molecule has 0 spiro atoms. The summed E-state index contributed by atoms with van der Waals surface area (Å²) in [7, 11) is 1.87. The van der Waals surface area contributed by atoms with E-state index in [0.717, 1.165) is 30.9 Å². The minimum atomic E-state index is 0.0716. The average Bonchev–Trinajstić information content (AvgIpc) is 3.26. The van der Waals surface area contributed by atoms with Crippen molar-refractivity contribution in [2.45, 2.75) is 19.4 Å². The number of rotatable bonds is 5. The van der Waals surface area contributed by atoms with E-state index in [-0.39, 0.29) is 11.9 Å². The third kappa shape index (κ3) is 3.29. The van der Waals surface area contributed by atoms with Crippen LogP contribution in [-0.2, 0) is 0 Å². The van der Waals surface area contributed by atoms with Gasteiger partial charge in [-0.15, -0.1) is 0 Å². The van der Waals surface area contributed by atoms with E-state index < -0.39 is 0 Å². The Morgan fingerprint density at radius 2 is 2.30 bits per heavy atom. The molecule has 0 bridgehead atoms. The molecule has 0 aliphatic carbocycles. The van der Waals surface area contributed by atoms with Crippen LogP contribution in [-0.4, -0.2) is 53.6 Å². The Morgan fingerprint density at radius 3 is 3.04 bits per heavy atom. The van der Waals surface area contributed by atoms with Gasteiger partial charge in [-0.1, -0.05) is 0 Å². The summed E-state index contributed by atoms with van der Waals surface area (Å²) >= 11 is 1.54.